The number of anilines is 1. The number of thiazole rings is 1. The van der Waals surface area contributed by atoms with Gasteiger partial charge in [0.05, 0.1) is 24.0 Å². The van der Waals surface area contributed by atoms with E-state index in [0.29, 0.717) is 34.7 Å². The second kappa shape index (κ2) is 8.57. The number of carbonyl (C=O) groups is 1. The van der Waals surface area contributed by atoms with Gasteiger partial charge in [-0.05, 0) is 54.5 Å². The molecule has 4 heterocycles. The fraction of sp³-hybridized carbons (Fsp3) is 0.370. The van der Waals surface area contributed by atoms with Gasteiger partial charge in [0, 0.05) is 42.3 Å². The van der Waals surface area contributed by atoms with Gasteiger partial charge in [0.2, 0.25) is 0 Å². The standard InChI is InChI=1S/C27H26ClN5O2S/c28-18-3-1-2-16(8-18)20-10-21(20)31-26(35)24-11-29-27(36-24)33-13-19(34)9-23(33)22-14-32-12-17(15-4-5-15)6-7-25(32)30-22/h1-3,6-8,11-12,14-15,19-21,23,34H,4-5,9-10,13H2,(H,31,35)/t19-,20+,21-,23+/m0/s1. The molecule has 2 aliphatic carbocycles. The zero-order valence-corrected chi connectivity index (χ0v) is 21.1. The molecule has 2 saturated carbocycles. The van der Waals surface area contributed by atoms with Gasteiger partial charge < -0.3 is 19.7 Å². The molecule has 1 aromatic carbocycles. The molecule has 7 rings (SSSR count). The number of aliphatic hydroxyl groups is 1. The number of β-amino-alcohol motifs (C(OH)–C–C–N with tert-alkyl or cyclic N) is 1. The molecule has 4 atom stereocenters. The van der Waals surface area contributed by atoms with E-state index in [4.69, 9.17) is 16.6 Å². The van der Waals surface area contributed by atoms with Crippen LogP contribution >= 0.6 is 22.9 Å². The van der Waals surface area contributed by atoms with Crippen molar-refractivity contribution in [2.45, 2.75) is 55.7 Å². The summed E-state index contributed by atoms with van der Waals surface area (Å²) in [4.78, 5) is 25.0. The number of benzene rings is 1. The maximum atomic E-state index is 12.9. The molecule has 9 heteroatoms. The molecular formula is C27H26ClN5O2S. The number of hydrogen-bond acceptors (Lipinski definition) is 6. The molecule has 36 heavy (non-hydrogen) atoms. The first kappa shape index (κ1) is 22.3. The summed E-state index contributed by atoms with van der Waals surface area (Å²) in [6, 6.07) is 12.1. The minimum absolute atomic E-state index is 0.0815. The fourth-order valence-corrected chi connectivity index (χ4v) is 6.43. The third-order valence-electron chi connectivity index (χ3n) is 7.51. The first-order valence-corrected chi connectivity index (χ1v) is 13.7. The van der Waals surface area contributed by atoms with Gasteiger partial charge in [-0.15, -0.1) is 0 Å². The molecule has 3 aliphatic rings. The van der Waals surface area contributed by atoms with Gasteiger partial charge in [0.15, 0.2) is 5.13 Å². The van der Waals surface area contributed by atoms with E-state index in [1.165, 1.54) is 29.7 Å². The van der Waals surface area contributed by atoms with Crippen LogP contribution in [-0.4, -0.2) is 44.1 Å². The fourth-order valence-electron chi connectivity index (χ4n) is 5.36. The van der Waals surface area contributed by atoms with Crippen LogP contribution in [0.5, 0.6) is 0 Å². The van der Waals surface area contributed by atoms with Crippen molar-refractivity contribution in [3.63, 3.8) is 0 Å². The highest BCUT2D eigenvalue weighted by Crippen LogP contribution is 2.43. The molecule has 1 amide bonds. The number of hydrogen-bond donors (Lipinski definition) is 2. The zero-order valence-electron chi connectivity index (χ0n) is 19.5. The summed E-state index contributed by atoms with van der Waals surface area (Å²) < 4.78 is 2.10. The van der Waals surface area contributed by atoms with Crippen molar-refractivity contribution in [2.24, 2.45) is 0 Å². The van der Waals surface area contributed by atoms with Crippen LogP contribution in [0.3, 0.4) is 0 Å². The minimum Gasteiger partial charge on any atom is -0.391 e. The lowest BCUT2D eigenvalue weighted by Crippen LogP contribution is -2.26. The minimum atomic E-state index is -0.465. The second-order valence-electron chi connectivity index (χ2n) is 10.2. The summed E-state index contributed by atoms with van der Waals surface area (Å²) in [5.41, 5.74) is 4.35. The van der Waals surface area contributed by atoms with E-state index in [1.54, 1.807) is 6.20 Å². The molecule has 184 valence electrons. The molecule has 2 N–H and O–H groups in total. The Hall–Kier alpha value is -2.94. The molecule has 3 fully saturated rings. The largest absolute Gasteiger partial charge is 0.391 e. The van der Waals surface area contributed by atoms with Crippen molar-refractivity contribution < 1.29 is 9.90 Å². The third-order valence-corrected chi connectivity index (χ3v) is 8.78. The van der Waals surface area contributed by atoms with E-state index < -0.39 is 6.10 Å². The summed E-state index contributed by atoms with van der Waals surface area (Å²) >= 11 is 7.49. The molecule has 0 unspecified atom stereocenters. The molecule has 4 aromatic rings. The van der Waals surface area contributed by atoms with Crippen LogP contribution in [0.4, 0.5) is 5.13 Å². The number of amides is 1. The molecule has 0 bridgehead atoms. The Morgan fingerprint density at radius 3 is 2.86 bits per heavy atom. The predicted octanol–water partition coefficient (Wildman–Crippen LogP) is 4.92. The van der Waals surface area contributed by atoms with Crippen molar-refractivity contribution in [1.29, 1.82) is 0 Å². The van der Waals surface area contributed by atoms with E-state index in [1.807, 2.05) is 18.2 Å². The highest BCUT2D eigenvalue weighted by Gasteiger charge is 2.40. The third kappa shape index (κ3) is 4.17. The number of fused-ring (bicyclic) bond motifs is 1. The summed E-state index contributed by atoms with van der Waals surface area (Å²) in [5, 5.41) is 15.1. The van der Waals surface area contributed by atoms with E-state index >= 15 is 0 Å². The summed E-state index contributed by atoms with van der Waals surface area (Å²) in [6.07, 6.45) is 9.45. The average molecular weight is 520 g/mol. The normalized spacial score (nSPS) is 25.4. The first-order chi connectivity index (χ1) is 17.5. The van der Waals surface area contributed by atoms with Gasteiger partial charge in [-0.25, -0.2) is 9.97 Å². The Kier molecular flexibility index (Phi) is 5.30. The van der Waals surface area contributed by atoms with Crippen LogP contribution in [0.1, 0.15) is 70.1 Å². The Bertz CT molecular complexity index is 1460. The van der Waals surface area contributed by atoms with Crippen LogP contribution in [0.15, 0.2) is 55.0 Å². The van der Waals surface area contributed by atoms with Gasteiger partial charge in [-0.3, -0.25) is 4.79 Å². The van der Waals surface area contributed by atoms with E-state index in [-0.39, 0.29) is 18.0 Å². The Labute approximate surface area is 217 Å². The number of pyridine rings is 1. The molecular weight excluding hydrogens is 494 g/mol. The number of halogens is 1. The van der Waals surface area contributed by atoms with E-state index in [9.17, 15) is 9.90 Å². The Morgan fingerprint density at radius 2 is 2.03 bits per heavy atom. The maximum Gasteiger partial charge on any atom is 0.263 e. The Balaban J connectivity index is 1.07. The number of aromatic nitrogens is 3. The quantitative estimate of drug-likeness (QED) is 0.378. The van der Waals surface area contributed by atoms with E-state index in [2.05, 4.69) is 50.2 Å². The van der Waals surface area contributed by atoms with Crippen LogP contribution in [0.2, 0.25) is 5.02 Å². The van der Waals surface area contributed by atoms with Gasteiger partial charge in [-0.1, -0.05) is 41.1 Å². The van der Waals surface area contributed by atoms with Gasteiger partial charge in [0.25, 0.3) is 5.91 Å². The predicted molar refractivity (Wildman–Crippen MR) is 140 cm³/mol. The second-order valence-corrected chi connectivity index (χ2v) is 11.7. The lowest BCUT2D eigenvalue weighted by atomic mass is 10.1. The first-order valence-electron chi connectivity index (χ1n) is 12.5. The van der Waals surface area contributed by atoms with Crippen LogP contribution < -0.4 is 10.2 Å². The number of nitrogens with zero attached hydrogens (tertiary/aromatic N) is 4. The van der Waals surface area contributed by atoms with Crippen molar-refractivity contribution in [3.8, 4) is 0 Å². The van der Waals surface area contributed by atoms with Gasteiger partial charge >= 0.3 is 0 Å². The molecule has 1 aliphatic heterocycles. The highest BCUT2D eigenvalue weighted by molar-refractivity contribution is 7.17. The number of imidazole rings is 1. The van der Waals surface area contributed by atoms with E-state index in [0.717, 1.165) is 28.5 Å². The van der Waals surface area contributed by atoms with Crippen molar-refractivity contribution >= 4 is 39.6 Å². The monoisotopic (exact) mass is 519 g/mol. The van der Waals surface area contributed by atoms with Crippen LogP contribution in [-0.2, 0) is 0 Å². The average Bonchev–Trinajstić information content (AvgIpc) is 3.70. The van der Waals surface area contributed by atoms with Crippen molar-refractivity contribution in [2.75, 3.05) is 11.4 Å². The van der Waals surface area contributed by atoms with Crippen molar-refractivity contribution in [3.05, 3.63) is 81.7 Å². The number of nitrogens with one attached hydrogen (secondary N) is 1. The summed E-state index contributed by atoms with van der Waals surface area (Å²) in [5.74, 6) is 0.875. The molecule has 1 saturated heterocycles. The van der Waals surface area contributed by atoms with Crippen molar-refractivity contribution in [1.82, 2.24) is 19.7 Å². The Morgan fingerprint density at radius 1 is 1.14 bits per heavy atom. The highest BCUT2D eigenvalue weighted by atomic mass is 35.5. The smallest absolute Gasteiger partial charge is 0.263 e. The molecule has 0 radical (unpaired) electrons. The topological polar surface area (TPSA) is 82.8 Å². The maximum absolute atomic E-state index is 12.9. The molecule has 3 aromatic heterocycles. The van der Waals surface area contributed by atoms with Crippen LogP contribution in [0.25, 0.3) is 5.65 Å². The lowest BCUT2D eigenvalue weighted by Gasteiger charge is -2.21. The number of rotatable bonds is 6. The number of carbonyl (C=O) groups excluding carboxylic acids is 1. The number of aliphatic hydroxyl groups excluding tert-OH is 1. The summed E-state index contributed by atoms with van der Waals surface area (Å²) in [6.45, 7) is 0.472. The van der Waals surface area contributed by atoms with Gasteiger partial charge in [0.1, 0.15) is 10.5 Å². The zero-order chi connectivity index (χ0) is 24.4. The molecule has 0 spiro atoms. The lowest BCUT2D eigenvalue weighted by molar-refractivity contribution is 0.0954. The SMILES string of the molecule is O=C(N[C@H]1C[C@@H]1c1cccc(Cl)c1)c1cnc(N2C[C@@H](O)C[C@@H]2c2cn3cc(C4CC4)ccc3n2)s1. The van der Waals surface area contributed by atoms with Crippen LogP contribution in [0, 0.1) is 0 Å². The van der Waals surface area contributed by atoms with Gasteiger partial charge in [-0.2, -0.15) is 0 Å². The molecule has 7 nitrogen and oxygen atoms in total. The summed E-state index contributed by atoms with van der Waals surface area (Å²) in [7, 11) is 0.